The molecule has 3 atom stereocenters. The summed E-state index contributed by atoms with van der Waals surface area (Å²) in [6, 6.07) is 5.13. The lowest BCUT2D eigenvalue weighted by Crippen LogP contribution is -2.43. The van der Waals surface area contributed by atoms with Crippen LogP contribution in [0.15, 0.2) is 28.9 Å². The summed E-state index contributed by atoms with van der Waals surface area (Å²) in [5.41, 5.74) is 2.28. The summed E-state index contributed by atoms with van der Waals surface area (Å²) in [5.74, 6) is -0.696. The van der Waals surface area contributed by atoms with E-state index in [1.807, 2.05) is 18.2 Å². The second kappa shape index (κ2) is 5.65. The molecule has 126 valence electrons. The number of carboxylic acid groups (broad SMARTS) is 1. The van der Waals surface area contributed by atoms with Crippen LogP contribution in [0.1, 0.15) is 42.1 Å². The van der Waals surface area contributed by atoms with Crippen LogP contribution in [-0.4, -0.2) is 34.5 Å². The number of furan rings is 1. The van der Waals surface area contributed by atoms with Crippen LogP contribution in [0.5, 0.6) is 0 Å². The van der Waals surface area contributed by atoms with Crippen molar-refractivity contribution in [3.63, 3.8) is 0 Å². The van der Waals surface area contributed by atoms with Gasteiger partial charge in [-0.05, 0) is 48.8 Å². The van der Waals surface area contributed by atoms with Crippen molar-refractivity contribution in [2.45, 2.75) is 38.6 Å². The Morgan fingerprint density at radius 3 is 2.92 bits per heavy atom. The normalized spacial score (nSPS) is 26.0. The van der Waals surface area contributed by atoms with Crippen LogP contribution < -0.4 is 0 Å². The van der Waals surface area contributed by atoms with E-state index in [1.165, 1.54) is 6.26 Å². The molecule has 0 spiro atoms. The van der Waals surface area contributed by atoms with Gasteiger partial charge in [0.2, 0.25) is 0 Å². The molecule has 4 rings (SSSR count). The Morgan fingerprint density at radius 1 is 1.33 bits per heavy atom. The monoisotopic (exact) mass is 327 g/mol. The molecule has 1 aliphatic heterocycles. The third-order valence-electron chi connectivity index (χ3n) is 5.68. The van der Waals surface area contributed by atoms with Crippen molar-refractivity contribution < 1.29 is 19.1 Å². The summed E-state index contributed by atoms with van der Waals surface area (Å²) >= 11 is 0. The van der Waals surface area contributed by atoms with Gasteiger partial charge in [-0.15, -0.1) is 0 Å². The number of hydrogen-bond donors (Lipinski definition) is 1. The van der Waals surface area contributed by atoms with Crippen LogP contribution in [0.2, 0.25) is 0 Å². The Kier molecular flexibility index (Phi) is 3.59. The summed E-state index contributed by atoms with van der Waals surface area (Å²) in [6.07, 6.45) is 5.33. The van der Waals surface area contributed by atoms with Crippen LogP contribution in [-0.2, 0) is 11.2 Å². The first-order valence-corrected chi connectivity index (χ1v) is 8.64. The second-order valence-corrected chi connectivity index (χ2v) is 6.93. The minimum atomic E-state index is -0.889. The molecule has 1 saturated carbocycles. The molecule has 1 amide bonds. The fraction of sp³-hybridized carbons (Fsp3) is 0.474. The number of hydrogen-bond acceptors (Lipinski definition) is 3. The summed E-state index contributed by atoms with van der Waals surface area (Å²) in [6.45, 7) is 2.60. The van der Waals surface area contributed by atoms with Gasteiger partial charge in [0.15, 0.2) is 0 Å². The lowest BCUT2D eigenvalue weighted by Gasteiger charge is -2.24. The number of carboxylic acids is 1. The highest BCUT2D eigenvalue weighted by atomic mass is 16.4. The van der Waals surface area contributed by atoms with E-state index in [-0.39, 0.29) is 11.8 Å². The number of carbonyl (C=O) groups is 2. The average molecular weight is 327 g/mol. The standard InChI is InChI=1S/C19H21NO4/c1-2-11-6-7-16-14(8-11)15(10-24-16)18(21)20-9-12-4-3-5-13(12)17(20)19(22)23/h6-8,10,12-13,17H,2-5,9H2,1H3,(H,22,23). The third-order valence-corrected chi connectivity index (χ3v) is 5.68. The molecule has 1 saturated heterocycles. The van der Waals surface area contributed by atoms with E-state index in [9.17, 15) is 14.7 Å². The van der Waals surface area contributed by atoms with Gasteiger partial charge in [0.05, 0.1) is 5.56 Å². The van der Waals surface area contributed by atoms with Gasteiger partial charge >= 0.3 is 5.97 Å². The number of aryl methyl sites for hydroxylation is 1. The smallest absolute Gasteiger partial charge is 0.326 e. The summed E-state index contributed by atoms with van der Waals surface area (Å²) in [5, 5.41) is 10.4. The Morgan fingerprint density at radius 2 is 2.17 bits per heavy atom. The second-order valence-electron chi connectivity index (χ2n) is 6.93. The molecule has 2 fully saturated rings. The van der Waals surface area contributed by atoms with E-state index in [1.54, 1.807) is 4.90 Å². The average Bonchev–Trinajstić information content (AvgIpc) is 3.26. The summed E-state index contributed by atoms with van der Waals surface area (Å²) in [4.78, 5) is 26.4. The molecule has 1 aromatic carbocycles. The predicted molar refractivity (Wildman–Crippen MR) is 88.9 cm³/mol. The minimum Gasteiger partial charge on any atom is -0.480 e. The number of rotatable bonds is 3. The highest BCUT2D eigenvalue weighted by Crippen LogP contribution is 2.43. The maximum absolute atomic E-state index is 13.1. The zero-order valence-electron chi connectivity index (χ0n) is 13.7. The highest BCUT2D eigenvalue weighted by Gasteiger charge is 2.49. The van der Waals surface area contributed by atoms with Crippen LogP contribution >= 0.6 is 0 Å². The number of aliphatic carboxylic acids is 1. The first kappa shape index (κ1) is 15.2. The van der Waals surface area contributed by atoms with E-state index in [2.05, 4.69) is 6.92 Å². The SMILES string of the molecule is CCc1ccc2occ(C(=O)N3CC4CCCC4C3C(=O)O)c2c1. The molecule has 2 aliphatic rings. The molecular formula is C19H21NO4. The van der Waals surface area contributed by atoms with Gasteiger partial charge in [-0.25, -0.2) is 4.79 Å². The van der Waals surface area contributed by atoms with Gasteiger partial charge in [0.1, 0.15) is 17.9 Å². The zero-order chi connectivity index (χ0) is 16.8. The lowest BCUT2D eigenvalue weighted by atomic mass is 9.94. The third kappa shape index (κ3) is 2.22. The Balaban J connectivity index is 1.72. The van der Waals surface area contributed by atoms with Crippen molar-refractivity contribution in [2.24, 2.45) is 11.8 Å². The first-order chi connectivity index (χ1) is 11.6. The number of carbonyl (C=O) groups excluding carboxylic acids is 1. The number of likely N-dealkylation sites (tertiary alicyclic amines) is 1. The van der Waals surface area contributed by atoms with Gasteiger partial charge in [-0.2, -0.15) is 0 Å². The molecule has 5 heteroatoms. The number of benzene rings is 1. The zero-order valence-corrected chi connectivity index (χ0v) is 13.7. The van der Waals surface area contributed by atoms with E-state index >= 15 is 0 Å². The molecule has 2 heterocycles. The topological polar surface area (TPSA) is 70.8 Å². The molecule has 1 N–H and O–H groups in total. The molecular weight excluding hydrogens is 306 g/mol. The fourth-order valence-corrected chi connectivity index (χ4v) is 4.45. The van der Waals surface area contributed by atoms with Crippen LogP contribution in [0, 0.1) is 11.8 Å². The molecule has 2 aromatic rings. The number of fused-ring (bicyclic) bond motifs is 2. The van der Waals surface area contributed by atoms with Crippen molar-refractivity contribution >= 4 is 22.8 Å². The minimum absolute atomic E-state index is 0.0933. The molecule has 3 unspecified atom stereocenters. The molecule has 0 radical (unpaired) electrons. The van der Waals surface area contributed by atoms with Crippen molar-refractivity contribution in [1.29, 1.82) is 0 Å². The molecule has 1 aromatic heterocycles. The maximum Gasteiger partial charge on any atom is 0.326 e. The van der Waals surface area contributed by atoms with Crippen LogP contribution in [0.4, 0.5) is 0 Å². The highest BCUT2D eigenvalue weighted by molar-refractivity contribution is 6.07. The number of amides is 1. The fourth-order valence-electron chi connectivity index (χ4n) is 4.45. The van der Waals surface area contributed by atoms with Crippen molar-refractivity contribution in [2.75, 3.05) is 6.54 Å². The predicted octanol–water partition coefficient (Wildman–Crippen LogP) is 3.32. The van der Waals surface area contributed by atoms with Gasteiger partial charge < -0.3 is 14.4 Å². The lowest BCUT2D eigenvalue weighted by molar-refractivity contribution is -0.142. The van der Waals surface area contributed by atoms with E-state index in [4.69, 9.17) is 4.42 Å². The first-order valence-electron chi connectivity index (χ1n) is 8.64. The van der Waals surface area contributed by atoms with Gasteiger partial charge in [0, 0.05) is 11.9 Å². The van der Waals surface area contributed by atoms with Crippen LogP contribution in [0.25, 0.3) is 11.0 Å². The van der Waals surface area contributed by atoms with E-state index < -0.39 is 12.0 Å². The molecule has 24 heavy (non-hydrogen) atoms. The van der Waals surface area contributed by atoms with Crippen molar-refractivity contribution in [1.82, 2.24) is 4.90 Å². The summed E-state index contributed by atoms with van der Waals surface area (Å²) < 4.78 is 5.52. The summed E-state index contributed by atoms with van der Waals surface area (Å²) in [7, 11) is 0. The Bertz CT molecular complexity index is 809. The maximum atomic E-state index is 13.1. The van der Waals surface area contributed by atoms with E-state index in [0.29, 0.717) is 23.6 Å². The molecule has 5 nitrogen and oxygen atoms in total. The Labute approximate surface area is 140 Å². The van der Waals surface area contributed by atoms with E-state index in [0.717, 1.165) is 36.6 Å². The van der Waals surface area contributed by atoms with Gasteiger partial charge in [-0.1, -0.05) is 19.4 Å². The molecule has 0 bridgehead atoms. The Hall–Kier alpha value is -2.30. The van der Waals surface area contributed by atoms with Crippen molar-refractivity contribution in [3.8, 4) is 0 Å². The quantitative estimate of drug-likeness (QED) is 0.939. The van der Waals surface area contributed by atoms with Crippen molar-refractivity contribution in [3.05, 3.63) is 35.6 Å². The van der Waals surface area contributed by atoms with Gasteiger partial charge in [0.25, 0.3) is 5.91 Å². The van der Waals surface area contributed by atoms with Gasteiger partial charge in [-0.3, -0.25) is 4.79 Å². The molecule has 1 aliphatic carbocycles. The number of nitrogens with zero attached hydrogens (tertiary/aromatic N) is 1. The largest absolute Gasteiger partial charge is 0.480 e. The van der Waals surface area contributed by atoms with Crippen LogP contribution in [0.3, 0.4) is 0 Å².